The lowest BCUT2D eigenvalue weighted by molar-refractivity contribution is 0.135. The van der Waals surface area contributed by atoms with Crippen molar-refractivity contribution in [2.75, 3.05) is 19.6 Å². The van der Waals surface area contributed by atoms with Crippen LogP contribution in [0.4, 0.5) is 0 Å². The molecular formula is C12H24N2. The minimum Gasteiger partial charge on any atom is -0.311 e. The standard InChI is InChI=1S/C12H24N2/c1-3-12-9-14(10(2)8-13-12)7-6-11-4-5-11/h10-13H,3-9H2,1-2H3. The summed E-state index contributed by atoms with van der Waals surface area (Å²) in [6.07, 6.45) is 5.71. The van der Waals surface area contributed by atoms with Gasteiger partial charge in [0.25, 0.3) is 0 Å². The first-order chi connectivity index (χ1) is 6.79. The van der Waals surface area contributed by atoms with Crippen LogP contribution >= 0.6 is 0 Å². The quantitative estimate of drug-likeness (QED) is 0.738. The molecule has 2 atom stereocenters. The number of hydrogen-bond acceptors (Lipinski definition) is 2. The lowest BCUT2D eigenvalue weighted by Gasteiger charge is -2.38. The van der Waals surface area contributed by atoms with Gasteiger partial charge in [-0.05, 0) is 32.2 Å². The van der Waals surface area contributed by atoms with Crippen LogP contribution in [0.3, 0.4) is 0 Å². The summed E-state index contributed by atoms with van der Waals surface area (Å²) >= 11 is 0. The van der Waals surface area contributed by atoms with E-state index in [1.807, 2.05) is 0 Å². The van der Waals surface area contributed by atoms with Crippen molar-refractivity contribution in [3.8, 4) is 0 Å². The van der Waals surface area contributed by atoms with Gasteiger partial charge in [0.15, 0.2) is 0 Å². The SMILES string of the molecule is CCC1CN(CCC2CC2)C(C)CN1. The fraction of sp³-hybridized carbons (Fsp3) is 1.00. The molecule has 0 spiro atoms. The van der Waals surface area contributed by atoms with Gasteiger partial charge in [0.05, 0.1) is 0 Å². The molecule has 1 heterocycles. The minimum atomic E-state index is 0.741. The molecule has 2 heteroatoms. The lowest BCUT2D eigenvalue weighted by atomic mass is 10.1. The maximum atomic E-state index is 3.61. The van der Waals surface area contributed by atoms with Crippen molar-refractivity contribution >= 4 is 0 Å². The van der Waals surface area contributed by atoms with Gasteiger partial charge in [0.1, 0.15) is 0 Å². The number of piperazine rings is 1. The van der Waals surface area contributed by atoms with Crippen molar-refractivity contribution in [1.82, 2.24) is 10.2 Å². The maximum absolute atomic E-state index is 3.61. The van der Waals surface area contributed by atoms with Crippen molar-refractivity contribution in [3.63, 3.8) is 0 Å². The summed E-state index contributed by atoms with van der Waals surface area (Å²) < 4.78 is 0. The van der Waals surface area contributed by atoms with Crippen molar-refractivity contribution in [3.05, 3.63) is 0 Å². The molecule has 0 bridgehead atoms. The molecule has 1 N–H and O–H groups in total. The largest absolute Gasteiger partial charge is 0.311 e. The highest BCUT2D eigenvalue weighted by atomic mass is 15.2. The monoisotopic (exact) mass is 196 g/mol. The smallest absolute Gasteiger partial charge is 0.0193 e. The van der Waals surface area contributed by atoms with Crippen LogP contribution in [0.1, 0.15) is 39.5 Å². The van der Waals surface area contributed by atoms with E-state index in [0.717, 1.165) is 18.0 Å². The Labute approximate surface area is 88.1 Å². The van der Waals surface area contributed by atoms with Crippen molar-refractivity contribution < 1.29 is 0 Å². The van der Waals surface area contributed by atoms with Gasteiger partial charge in [0, 0.05) is 25.2 Å². The Hall–Kier alpha value is -0.0800. The zero-order valence-electron chi connectivity index (χ0n) is 9.63. The first-order valence-electron chi connectivity index (χ1n) is 6.27. The summed E-state index contributed by atoms with van der Waals surface area (Å²) in [6, 6.07) is 1.49. The highest BCUT2D eigenvalue weighted by Gasteiger charge is 2.26. The summed E-state index contributed by atoms with van der Waals surface area (Å²) in [5.41, 5.74) is 0. The Morgan fingerprint density at radius 2 is 2.14 bits per heavy atom. The van der Waals surface area contributed by atoms with E-state index in [1.165, 1.54) is 45.3 Å². The third-order valence-electron chi connectivity index (χ3n) is 3.79. The third kappa shape index (κ3) is 2.71. The minimum absolute atomic E-state index is 0.741. The third-order valence-corrected chi connectivity index (χ3v) is 3.79. The van der Waals surface area contributed by atoms with Gasteiger partial charge < -0.3 is 5.32 Å². The molecule has 1 aliphatic heterocycles. The first kappa shape index (κ1) is 10.4. The van der Waals surface area contributed by atoms with Crippen LogP contribution in [0.2, 0.25) is 0 Å². The summed E-state index contributed by atoms with van der Waals surface area (Å²) in [7, 11) is 0. The van der Waals surface area contributed by atoms with Gasteiger partial charge >= 0.3 is 0 Å². The second-order valence-corrected chi connectivity index (χ2v) is 5.09. The Morgan fingerprint density at radius 1 is 1.36 bits per heavy atom. The predicted octanol–water partition coefficient (Wildman–Crippen LogP) is 1.86. The summed E-state index contributed by atoms with van der Waals surface area (Å²) in [6.45, 7) is 8.43. The van der Waals surface area contributed by atoms with Gasteiger partial charge in [-0.1, -0.05) is 19.8 Å². The molecule has 1 saturated heterocycles. The van der Waals surface area contributed by atoms with E-state index in [1.54, 1.807) is 0 Å². The summed E-state index contributed by atoms with van der Waals surface area (Å²) in [5.74, 6) is 1.08. The average Bonchev–Trinajstić information content (AvgIpc) is 3.00. The Balaban J connectivity index is 1.74. The van der Waals surface area contributed by atoms with E-state index in [2.05, 4.69) is 24.1 Å². The number of nitrogens with one attached hydrogen (secondary N) is 1. The van der Waals surface area contributed by atoms with Gasteiger partial charge in [-0.3, -0.25) is 4.90 Å². The molecule has 1 aliphatic carbocycles. The van der Waals surface area contributed by atoms with Gasteiger partial charge in [0.2, 0.25) is 0 Å². The second-order valence-electron chi connectivity index (χ2n) is 5.09. The zero-order valence-corrected chi connectivity index (χ0v) is 9.63. The van der Waals surface area contributed by atoms with Gasteiger partial charge in [-0.15, -0.1) is 0 Å². The number of hydrogen-bond donors (Lipinski definition) is 1. The van der Waals surface area contributed by atoms with Crippen LogP contribution < -0.4 is 5.32 Å². The van der Waals surface area contributed by atoms with Crippen LogP contribution in [-0.4, -0.2) is 36.6 Å². The topological polar surface area (TPSA) is 15.3 Å². The molecular weight excluding hydrogens is 172 g/mol. The molecule has 2 aliphatic rings. The van der Waals surface area contributed by atoms with E-state index in [0.29, 0.717) is 0 Å². The summed E-state index contributed by atoms with van der Waals surface area (Å²) in [4.78, 5) is 2.68. The van der Waals surface area contributed by atoms with Crippen LogP contribution in [0.15, 0.2) is 0 Å². The number of nitrogens with zero attached hydrogens (tertiary/aromatic N) is 1. The van der Waals surface area contributed by atoms with Crippen LogP contribution in [0.5, 0.6) is 0 Å². The van der Waals surface area contributed by atoms with Crippen molar-refractivity contribution in [1.29, 1.82) is 0 Å². The van der Waals surface area contributed by atoms with Gasteiger partial charge in [-0.2, -0.15) is 0 Å². The van der Waals surface area contributed by atoms with Gasteiger partial charge in [-0.25, -0.2) is 0 Å². The molecule has 0 radical (unpaired) electrons. The van der Waals surface area contributed by atoms with Crippen LogP contribution in [-0.2, 0) is 0 Å². The molecule has 0 aromatic heterocycles. The van der Waals surface area contributed by atoms with Crippen LogP contribution in [0, 0.1) is 5.92 Å². The van der Waals surface area contributed by atoms with E-state index in [9.17, 15) is 0 Å². The number of rotatable bonds is 4. The van der Waals surface area contributed by atoms with E-state index >= 15 is 0 Å². The van der Waals surface area contributed by atoms with Crippen molar-refractivity contribution in [2.45, 2.75) is 51.6 Å². The molecule has 2 rings (SSSR count). The molecule has 0 aromatic rings. The first-order valence-corrected chi connectivity index (χ1v) is 6.27. The molecule has 1 saturated carbocycles. The Bertz CT molecular complexity index is 177. The Kier molecular flexibility index (Phi) is 3.45. The fourth-order valence-corrected chi connectivity index (χ4v) is 2.33. The maximum Gasteiger partial charge on any atom is 0.0193 e. The zero-order chi connectivity index (χ0) is 9.97. The molecule has 2 unspecified atom stereocenters. The van der Waals surface area contributed by atoms with E-state index in [4.69, 9.17) is 0 Å². The lowest BCUT2D eigenvalue weighted by Crippen LogP contribution is -2.55. The molecule has 2 nitrogen and oxygen atoms in total. The molecule has 0 amide bonds. The highest BCUT2D eigenvalue weighted by molar-refractivity contribution is 4.84. The Morgan fingerprint density at radius 3 is 2.79 bits per heavy atom. The highest BCUT2D eigenvalue weighted by Crippen LogP contribution is 2.32. The van der Waals surface area contributed by atoms with E-state index < -0.39 is 0 Å². The van der Waals surface area contributed by atoms with Crippen molar-refractivity contribution in [2.24, 2.45) is 5.92 Å². The molecule has 82 valence electrons. The second kappa shape index (κ2) is 4.63. The average molecular weight is 196 g/mol. The fourth-order valence-electron chi connectivity index (χ4n) is 2.33. The van der Waals surface area contributed by atoms with E-state index in [-0.39, 0.29) is 0 Å². The normalized spacial score (nSPS) is 34.7. The molecule has 14 heavy (non-hydrogen) atoms. The summed E-state index contributed by atoms with van der Waals surface area (Å²) in [5, 5.41) is 3.61. The predicted molar refractivity (Wildman–Crippen MR) is 60.5 cm³/mol. The molecule has 0 aromatic carbocycles. The van der Waals surface area contributed by atoms with Crippen LogP contribution in [0.25, 0.3) is 0 Å². The molecule has 2 fully saturated rings.